The molecule has 0 unspecified atom stereocenters. The van der Waals surface area contributed by atoms with Crippen molar-refractivity contribution in [2.75, 3.05) is 17.6 Å². The van der Waals surface area contributed by atoms with Gasteiger partial charge in [-0.1, -0.05) is 6.42 Å². The van der Waals surface area contributed by atoms with Gasteiger partial charge in [-0.05, 0) is 56.0 Å². The van der Waals surface area contributed by atoms with E-state index in [0.29, 0.717) is 0 Å². The van der Waals surface area contributed by atoms with E-state index in [1.807, 2.05) is 18.2 Å². The lowest BCUT2D eigenvalue weighted by atomic mass is 9.65. The Morgan fingerprint density at radius 3 is 2.79 bits per heavy atom. The van der Waals surface area contributed by atoms with Gasteiger partial charge in [0.25, 0.3) is 0 Å². The van der Waals surface area contributed by atoms with Gasteiger partial charge in [0.05, 0.1) is 33.5 Å². The molecule has 3 aromatic rings. The maximum absolute atomic E-state index is 5.91. The molecule has 5 rings (SSSR count). The van der Waals surface area contributed by atoms with Crippen LogP contribution in [0.5, 0.6) is 0 Å². The van der Waals surface area contributed by atoms with Gasteiger partial charge in [0.15, 0.2) is 0 Å². The van der Waals surface area contributed by atoms with Crippen molar-refractivity contribution in [1.29, 1.82) is 0 Å². The molecule has 1 saturated carbocycles. The van der Waals surface area contributed by atoms with Crippen molar-refractivity contribution in [2.24, 2.45) is 0 Å². The largest absolute Gasteiger partial charge is 0.399 e. The van der Waals surface area contributed by atoms with E-state index >= 15 is 0 Å². The van der Waals surface area contributed by atoms with Gasteiger partial charge in [-0.3, -0.25) is 4.98 Å². The Balaban J connectivity index is 1.62. The summed E-state index contributed by atoms with van der Waals surface area (Å²) in [5.74, 6) is 1.03. The fourth-order valence-electron chi connectivity index (χ4n) is 4.00. The van der Waals surface area contributed by atoms with Gasteiger partial charge < -0.3 is 16.0 Å². The molecule has 3 heterocycles. The smallest absolute Gasteiger partial charge is 0.119 e. The van der Waals surface area contributed by atoms with Gasteiger partial charge in [-0.2, -0.15) is 0 Å². The monoisotopic (exact) mass is 319 g/mol. The van der Waals surface area contributed by atoms with Crippen LogP contribution in [0.2, 0.25) is 0 Å². The van der Waals surface area contributed by atoms with Gasteiger partial charge in [-0.25, -0.2) is 4.98 Å². The summed E-state index contributed by atoms with van der Waals surface area (Å²) in [6.45, 7) is 1.05. The SMILES string of the molecule is Nc1ccc2nc(C3(c4ccc5c(n4)CCCN5)CCC3)[nH]c2c1. The number of pyridine rings is 1. The normalized spacial score (nSPS) is 18.7. The molecule has 24 heavy (non-hydrogen) atoms. The molecule has 2 aromatic heterocycles. The third kappa shape index (κ3) is 1.94. The van der Waals surface area contributed by atoms with Crippen molar-refractivity contribution in [3.05, 3.63) is 47.5 Å². The van der Waals surface area contributed by atoms with Crippen LogP contribution in [0.25, 0.3) is 11.0 Å². The van der Waals surface area contributed by atoms with Gasteiger partial charge in [-0.15, -0.1) is 0 Å². The lowest BCUT2D eigenvalue weighted by Gasteiger charge is -2.40. The summed E-state index contributed by atoms with van der Waals surface area (Å²) in [5.41, 5.74) is 12.1. The number of fused-ring (bicyclic) bond motifs is 2. The average molecular weight is 319 g/mol. The number of hydrogen-bond donors (Lipinski definition) is 3. The van der Waals surface area contributed by atoms with Crippen LogP contribution in [0.3, 0.4) is 0 Å². The molecule has 0 radical (unpaired) electrons. The van der Waals surface area contributed by atoms with E-state index < -0.39 is 0 Å². The number of aryl methyl sites for hydroxylation is 1. The van der Waals surface area contributed by atoms with E-state index in [-0.39, 0.29) is 5.41 Å². The van der Waals surface area contributed by atoms with E-state index in [9.17, 15) is 0 Å². The topological polar surface area (TPSA) is 79.6 Å². The molecule has 0 spiro atoms. The highest BCUT2D eigenvalue weighted by Crippen LogP contribution is 2.48. The zero-order chi connectivity index (χ0) is 16.1. The first-order valence-corrected chi connectivity index (χ1v) is 8.75. The lowest BCUT2D eigenvalue weighted by Crippen LogP contribution is -2.38. The van der Waals surface area contributed by atoms with Crippen molar-refractivity contribution in [3.63, 3.8) is 0 Å². The highest BCUT2D eigenvalue weighted by molar-refractivity contribution is 5.79. The summed E-state index contributed by atoms with van der Waals surface area (Å²) in [4.78, 5) is 13.4. The number of nitrogens with zero attached hydrogens (tertiary/aromatic N) is 2. The minimum absolute atomic E-state index is 0.0692. The molecular weight excluding hydrogens is 298 g/mol. The second-order valence-corrected chi connectivity index (χ2v) is 7.02. The second-order valence-electron chi connectivity index (χ2n) is 7.02. The van der Waals surface area contributed by atoms with Crippen LogP contribution in [0.15, 0.2) is 30.3 Å². The Morgan fingerprint density at radius 2 is 1.96 bits per heavy atom. The van der Waals surface area contributed by atoms with Crippen LogP contribution in [0.4, 0.5) is 11.4 Å². The molecule has 122 valence electrons. The summed E-state index contributed by atoms with van der Waals surface area (Å²) in [5, 5.41) is 3.44. The van der Waals surface area contributed by atoms with Crippen molar-refractivity contribution >= 4 is 22.4 Å². The van der Waals surface area contributed by atoms with Crippen molar-refractivity contribution < 1.29 is 0 Å². The molecule has 0 bridgehead atoms. The van der Waals surface area contributed by atoms with Crippen LogP contribution >= 0.6 is 0 Å². The predicted octanol–water partition coefficient (Wildman–Crippen LogP) is 3.37. The third-order valence-corrected chi connectivity index (χ3v) is 5.54. The number of nitrogens with two attached hydrogens (primary N) is 1. The molecule has 1 aliphatic carbocycles. The van der Waals surface area contributed by atoms with Crippen molar-refractivity contribution in [1.82, 2.24) is 15.0 Å². The number of H-pyrrole nitrogens is 1. The van der Waals surface area contributed by atoms with E-state index in [1.54, 1.807) is 0 Å². The molecule has 2 aliphatic rings. The highest BCUT2D eigenvalue weighted by atomic mass is 15.0. The molecule has 4 N–H and O–H groups in total. The predicted molar refractivity (Wildman–Crippen MR) is 96.2 cm³/mol. The number of anilines is 2. The minimum Gasteiger partial charge on any atom is -0.399 e. The Hall–Kier alpha value is -2.56. The number of hydrogen-bond acceptors (Lipinski definition) is 4. The Kier molecular flexibility index (Phi) is 2.86. The quantitative estimate of drug-likeness (QED) is 0.633. The number of nitrogens with one attached hydrogen (secondary N) is 2. The summed E-state index contributed by atoms with van der Waals surface area (Å²) in [6.07, 6.45) is 5.63. The lowest BCUT2D eigenvalue weighted by molar-refractivity contribution is 0.279. The number of imidazole rings is 1. The van der Waals surface area contributed by atoms with Crippen LogP contribution < -0.4 is 11.1 Å². The zero-order valence-corrected chi connectivity index (χ0v) is 13.6. The highest BCUT2D eigenvalue weighted by Gasteiger charge is 2.44. The van der Waals surface area contributed by atoms with Gasteiger partial charge >= 0.3 is 0 Å². The molecule has 1 fully saturated rings. The van der Waals surface area contributed by atoms with E-state index in [4.69, 9.17) is 15.7 Å². The summed E-state index contributed by atoms with van der Waals surface area (Å²) >= 11 is 0. The number of benzene rings is 1. The zero-order valence-electron chi connectivity index (χ0n) is 13.6. The second kappa shape index (κ2) is 4.97. The molecule has 0 atom stereocenters. The number of rotatable bonds is 2. The maximum atomic E-state index is 5.91. The standard InChI is InChI=1S/C19H21N5/c20-12-4-5-15-16(11-12)24-18(23-15)19(8-2-9-19)17-7-6-13-14(22-17)3-1-10-21-13/h4-7,11,21H,1-3,8-10,20H2,(H,23,24). The van der Waals surface area contributed by atoms with E-state index in [0.717, 1.165) is 60.5 Å². The molecule has 1 aromatic carbocycles. The van der Waals surface area contributed by atoms with Crippen molar-refractivity contribution in [3.8, 4) is 0 Å². The molecule has 1 aliphatic heterocycles. The molecule has 5 heteroatoms. The number of aromatic amines is 1. The third-order valence-electron chi connectivity index (χ3n) is 5.54. The summed E-state index contributed by atoms with van der Waals surface area (Å²) in [7, 11) is 0. The molecule has 0 amide bonds. The van der Waals surface area contributed by atoms with Crippen LogP contribution in [0.1, 0.15) is 42.9 Å². The van der Waals surface area contributed by atoms with Crippen LogP contribution in [-0.4, -0.2) is 21.5 Å². The molecule has 5 nitrogen and oxygen atoms in total. The Labute approximate surface area is 140 Å². The Morgan fingerprint density at radius 1 is 1.04 bits per heavy atom. The first-order valence-electron chi connectivity index (χ1n) is 8.75. The van der Waals surface area contributed by atoms with Gasteiger partial charge in [0.1, 0.15) is 5.82 Å². The summed E-state index contributed by atoms with van der Waals surface area (Å²) in [6, 6.07) is 10.2. The van der Waals surface area contributed by atoms with E-state index in [1.165, 1.54) is 17.8 Å². The number of nitrogen functional groups attached to an aromatic ring is 1. The number of aromatic nitrogens is 3. The minimum atomic E-state index is -0.0692. The van der Waals surface area contributed by atoms with Gasteiger partial charge in [0.2, 0.25) is 0 Å². The van der Waals surface area contributed by atoms with Crippen LogP contribution in [0, 0.1) is 0 Å². The van der Waals surface area contributed by atoms with Crippen molar-refractivity contribution in [2.45, 2.75) is 37.5 Å². The fraction of sp³-hybridized carbons (Fsp3) is 0.368. The van der Waals surface area contributed by atoms with Crippen LogP contribution in [-0.2, 0) is 11.8 Å². The Bertz CT molecular complexity index is 923. The molecular formula is C19H21N5. The first kappa shape index (κ1) is 13.8. The summed E-state index contributed by atoms with van der Waals surface area (Å²) < 4.78 is 0. The fourth-order valence-corrected chi connectivity index (χ4v) is 4.00. The first-order chi connectivity index (χ1) is 11.7. The van der Waals surface area contributed by atoms with E-state index in [2.05, 4.69) is 22.4 Å². The maximum Gasteiger partial charge on any atom is 0.119 e. The van der Waals surface area contributed by atoms with Gasteiger partial charge in [0, 0.05) is 12.2 Å². The molecule has 0 saturated heterocycles. The average Bonchev–Trinajstić information content (AvgIpc) is 2.96.